The number of amides is 3. The highest BCUT2D eigenvalue weighted by Gasteiger charge is 2.49. The second-order valence-corrected chi connectivity index (χ2v) is 8.93. The van der Waals surface area contributed by atoms with E-state index in [1.807, 2.05) is 6.92 Å². The summed E-state index contributed by atoms with van der Waals surface area (Å²) < 4.78 is 26.1. The summed E-state index contributed by atoms with van der Waals surface area (Å²) in [5.74, 6) is 0.393. The summed E-state index contributed by atoms with van der Waals surface area (Å²) in [5.41, 5.74) is 0. The summed E-state index contributed by atoms with van der Waals surface area (Å²) in [6, 6.07) is -1.19. The van der Waals surface area contributed by atoms with E-state index in [0.29, 0.717) is 13.1 Å². The first kappa shape index (κ1) is 17.7. The first-order valence-electron chi connectivity index (χ1n) is 8.15. The fraction of sp³-hybridized carbons (Fsp3) is 0.667. The van der Waals surface area contributed by atoms with E-state index in [4.69, 9.17) is 0 Å². The SMILES string of the molecule is Cc1nccn1CC(=O)N1CCN(C(=O)N(C)C)[C@@H]2CS(=O)(=O)C[C@@H]21. The van der Waals surface area contributed by atoms with Crippen LogP contribution in [-0.2, 0) is 21.2 Å². The lowest BCUT2D eigenvalue weighted by molar-refractivity contribution is -0.137. The van der Waals surface area contributed by atoms with Crippen molar-refractivity contribution in [3.8, 4) is 0 Å². The Morgan fingerprint density at radius 3 is 2.36 bits per heavy atom. The van der Waals surface area contributed by atoms with Gasteiger partial charge in [0.15, 0.2) is 9.84 Å². The molecule has 3 amide bonds. The molecule has 1 aromatic heterocycles. The molecule has 0 bridgehead atoms. The number of piperazine rings is 1. The second-order valence-electron chi connectivity index (χ2n) is 6.77. The van der Waals surface area contributed by atoms with Crippen molar-refractivity contribution in [2.45, 2.75) is 25.6 Å². The maximum atomic E-state index is 12.8. The zero-order valence-corrected chi connectivity index (χ0v) is 15.4. The molecule has 138 valence electrons. The van der Waals surface area contributed by atoms with Gasteiger partial charge in [0.05, 0.1) is 23.6 Å². The van der Waals surface area contributed by atoms with Gasteiger partial charge in [-0.15, -0.1) is 0 Å². The average Bonchev–Trinajstić information content (AvgIpc) is 3.07. The lowest BCUT2D eigenvalue weighted by atomic mass is 10.0. The van der Waals surface area contributed by atoms with Gasteiger partial charge in [-0.25, -0.2) is 18.2 Å². The standard InChI is InChI=1S/C15H23N5O4S/c1-11-16-4-5-18(11)8-14(21)19-6-7-20(15(22)17(2)3)13-10-25(23,24)9-12(13)19/h4-5,12-13H,6-10H2,1-3H3/t12-,13+/m0/s1. The predicted octanol–water partition coefficient (Wildman–Crippen LogP) is -0.817. The van der Waals surface area contributed by atoms with Crippen molar-refractivity contribution in [1.82, 2.24) is 24.3 Å². The van der Waals surface area contributed by atoms with Crippen molar-refractivity contribution in [1.29, 1.82) is 0 Å². The highest BCUT2D eigenvalue weighted by Crippen LogP contribution is 2.28. The van der Waals surface area contributed by atoms with Crippen LogP contribution in [0.1, 0.15) is 5.82 Å². The molecule has 2 atom stereocenters. The molecule has 2 aliphatic heterocycles. The Labute approximate surface area is 147 Å². The number of rotatable bonds is 2. The zero-order chi connectivity index (χ0) is 18.4. The first-order chi connectivity index (χ1) is 11.7. The highest BCUT2D eigenvalue weighted by molar-refractivity contribution is 7.91. The first-order valence-corrected chi connectivity index (χ1v) is 9.97. The minimum Gasteiger partial charge on any atom is -0.333 e. The molecular weight excluding hydrogens is 346 g/mol. The molecule has 0 aromatic carbocycles. The maximum absolute atomic E-state index is 12.8. The van der Waals surface area contributed by atoms with Gasteiger partial charge in [0.25, 0.3) is 0 Å². The number of hydrogen-bond acceptors (Lipinski definition) is 5. The summed E-state index contributed by atoms with van der Waals surface area (Å²) in [6.45, 7) is 2.60. The van der Waals surface area contributed by atoms with Gasteiger partial charge < -0.3 is 19.3 Å². The molecular formula is C15H23N5O4S. The Kier molecular flexibility index (Phi) is 4.48. The number of hydrogen-bond donors (Lipinski definition) is 0. The van der Waals surface area contributed by atoms with Crippen molar-refractivity contribution < 1.29 is 18.0 Å². The van der Waals surface area contributed by atoms with E-state index in [-0.39, 0.29) is 30.0 Å². The van der Waals surface area contributed by atoms with Gasteiger partial charge in [0.2, 0.25) is 5.91 Å². The third-order valence-electron chi connectivity index (χ3n) is 4.85. The Bertz CT molecular complexity index is 788. The van der Waals surface area contributed by atoms with Crippen molar-refractivity contribution in [2.24, 2.45) is 0 Å². The minimum absolute atomic E-state index is 0.0921. The van der Waals surface area contributed by atoms with E-state index in [1.54, 1.807) is 40.9 Å². The van der Waals surface area contributed by atoms with Crippen molar-refractivity contribution in [2.75, 3.05) is 38.7 Å². The molecule has 0 N–H and O–H groups in total. The quantitative estimate of drug-likeness (QED) is 0.679. The molecule has 0 spiro atoms. The molecule has 3 rings (SSSR count). The van der Waals surface area contributed by atoms with Gasteiger partial charge in [-0.2, -0.15) is 0 Å². The van der Waals surface area contributed by atoms with Gasteiger partial charge in [-0.05, 0) is 6.92 Å². The van der Waals surface area contributed by atoms with Crippen LogP contribution in [0.5, 0.6) is 0 Å². The molecule has 2 saturated heterocycles. The lowest BCUT2D eigenvalue weighted by Gasteiger charge is -2.44. The van der Waals surface area contributed by atoms with Gasteiger partial charge in [0.1, 0.15) is 12.4 Å². The number of nitrogens with zero attached hydrogens (tertiary/aromatic N) is 5. The summed E-state index contributed by atoms with van der Waals surface area (Å²) in [4.78, 5) is 33.9. The van der Waals surface area contributed by atoms with Crippen LogP contribution in [0.3, 0.4) is 0 Å². The van der Waals surface area contributed by atoms with Crippen LogP contribution in [0.4, 0.5) is 4.79 Å². The van der Waals surface area contributed by atoms with Crippen LogP contribution in [-0.4, -0.2) is 95.4 Å². The molecule has 0 saturated carbocycles. The number of fused-ring (bicyclic) bond motifs is 1. The van der Waals surface area contributed by atoms with E-state index < -0.39 is 21.9 Å². The van der Waals surface area contributed by atoms with Gasteiger partial charge >= 0.3 is 6.03 Å². The van der Waals surface area contributed by atoms with E-state index in [1.165, 1.54) is 4.90 Å². The summed E-state index contributed by atoms with van der Waals surface area (Å²) in [5, 5.41) is 0. The zero-order valence-electron chi connectivity index (χ0n) is 14.6. The molecule has 0 radical (unpaired) electrons. The molecule has 0 unspecified atom stereocenters. The summed E-state index contributed by atoms with van der Waals surface area (Å²) >= 11 is 0. The predicted molar refractivity (Wildman–Crippen MR) is 90.7 cm³/mol. The van der Waals surface area contributed by atoms with Crippen LogP contribution in [0.25, 0.3) is 0 Å². The second kappa shape index (κ2) is 6.32. The summed E-state index contributed by atoms with van der Waals surface area (Å²) in [6.07, 6.45) is 3.35. The number of carbonyl (C=O) groups excluding carboxylic acids is 2. The van der Waals surface area contributed by atoms with E-state index in [9.17, 15) is 18.0 Å². The molecule has 2 aliphatic rings. The van der Waals surface area contributed by atoms with Gasteiger partial charge in [-0.3, -0.25) is 4.79 Å². The van der Waals surface area contributed by atoms with Crippen molar-refractivity contribution in [3.05, 3.63) is 18.2 Å². The molecule has 9 nitrogen and oxygen atoms in total. The molecule has 25 heavy (non-hydrogen) atoms. The fourth-order valence-electron chi connectivity index (χ4n) is 3.56. The average molecular weight is 369 g/mol. The molecule has 3 heterocycles. The summed E-state index contributed by atoms with van der Waals surface area (Å²) in [7, 11) is -0.00499. The van der Waals surface area contributed by atoms with Crippen molar-refractivity contribution >= 4 is 21.8 Å². The molecule has 0 aliphatic carbocycles. The molecule has 10 heteroatoms. The lowest BCUT2D eigenvalue weighted by Crippen LogP contribution is -2.63. The van der Waals surface area contributed by atoms with Crippen molar-refractivity contribution in [3.63, 3.8) is 0 Å². The third kappa shape index (κ3) is 3.35. The highest BCUT2D eigenvalue weighted by atomic mass is 32.2. The number of carbonyl (C=O) groups is 2. The van der Waals surface area contributed by atoms with E-state index >= 15 is 0 Å². The van der Waals surface area contributed by atoms with E-state index in [0.717, 1.165) is 5.82 Å². The van der Waals surface area contributed by atoms with Crippen LogP contribution in [0, 0.1) is 6.92 Å². The Balaban J connectivity index is 1.82. The largest absolute Gasteiger partial charge is 0.333 e. The maximum Gasteiger partial charge on any atom is 0.319 e. The fourth-order valence-corrected chi connectivity index (χ4v) is 5.55. The van der Waals surface area contributed by atoms with Gasteiger partial charge in [0, 0.05) is 39.6 Å². The van der Waals surface area contributed by atoms with Crippen LogP contribution < -0.4 is 0 Å². The van der Waals surface area contributed by atoms with E-state index in [2.05, 4.69) is 4.98 Å². The number of sulfone groups is 1. The minimum atomic E-state index is -3.28. The van der Waals surface area contributed by atoms with Gasteiger partial charge in [-0.1, -0.05) is 0 Å². The van der Waals surface area contributed by atoms with Crippen LogP contribution in [0.2, 0.25) is 0 Å². The third-order valence-corrected chi connectivity index (χ3v) is 6.55. The molecule has 1 aromatic rings. The number of urea groups is 1. The number of aryl methyl sites for hydroxylation is 1. The Morgan fingerprint density at radius 2 is 1.80 bits per heavy atom. The number of imidazole rings is 1. The monoisotopic (exact) mass is 369 g/mol. The number of aromatic nitrogens is 2. The van der Waals surface area contributed by atoms with Crippen LogP contribution >= 0.6 is 0 Å². The molecule has 2 fully saturated rings. The smallest absolute Gasteiger partial charge is 0.319 e. The Hall–Kier alpha value is -2.10. The Morgan fingerprint density at radius 1 is 1.20 bits per heavy atom. The van der Waals surface area contributed by atoms with Crippen LogP contribution in [0.15, 0.2) is 12.4 Å². The normalized spacial score (nSPS) is 24.9. The topological polar surface area (TPSA) is 95.8 Å².